The molecule has 0 saturated heterocycles. The van der Waals surface area contributed by atoms with Crippen LogP contribution in [0.25, 0.3) is 11.5 Å². The molecule has 0 fully saturated rings. The molecular weight excluding hydrogens is 402 g/mol. The van der Waals surface area contributed by atoms with Gasteiger partial charge in [0.1, 0.15) is 22.9 Å². The molecule has 2 aromatic rings. The molecule has 0 radical (unpaired) electrons. The Hall–Kier alpha value is -2.37. The number of rotatable bonds is 5. The largest absolute Gasteiger partial charge is 0.408 e. The lowest BCUT2D eigenvalue weighted by molar-refractivity contribution is -0.139. The third kappa shape index (κ3) is 5.81. The first-order valence-electron chi connectivity index (χ1n) is 11.1. The molecule has 2 N–H and O–H groups in total. The minimum Gasteiger partial charge on any atom is -0.343 e. The zero-order valence-electron chi connectivity index (χ0n) is 21.6. The van der Waals surface area contributed by atoms with Crippen LogP contribution < -0.4 is 10.6 Å². The number of nitrogens with zero attached hydrogens (tertiary/aromatic N) is 4. The van der Waals surface area contributed by atoms with E-state index in [9.17, 15) is 26.3 Å². The van der Waals surface area contributed by atoms with E-state index in [4.69, 9.17) is 23.9 Å². The van der Waals surface area contributed by atoms with Crippen molar-refractivity contribution >= 4 is 23.5 Å². The second kappa shape index (κ2) is 7.71. The highest BCUT2D eigenvalue weighted by molar-refractivity contribution is 6.29. The van der Waals surface area contributed by atoms with Crippen LogP contribution in [-0.4, -0.2) is 44.4 Å². The van der Waals surface area contributed by atoms with Gasteiger partial charge in [0.25, 0.3) is 0 Å². The number of anilines is 2. The number of hydrogen-bond acceptors (Lipinski definition) is 6. The van der Waals surface area contributed by atoms with Crippen LogP contribution in [0, 0.1) is 0 Å². The lowest BCUT2D eigenvalue weighted by Gasteiger charge is -2.20. The maximum absolute atomic E-state index is 13.3. The lowest BCUT2D eigenvalue weighted by atomic mass is 10.3. The zero-order valence-corrected chi connectivity index (χ0v) is 13.3. The molecule has 27 heavy (non-hydrogen) atoms. The Morgan fingerprint density at radius 1 is 0.926 bits per heavy atom. The minimum absolute atomic E-state index is 0.707. The Morgan fingerprint density at radius 2 is 1.44 bits per heavy atom. The smallest absolute Gasteiger partial charge is 0.343 e. The van der Waals surface area contributed by atoms with E-state index in [2.05, 4.69) is 19.9 Å². The minimum atomic E-state index is -5.44. The molecule has 0 aromatic carbocycles. The van der Waals surface area contributed by atoms with E-state index >= 15 is 0 Å². The van der Waals surface area contributed by atoms with Crippen LogP contribution in [-0.2, 0) is 0 Å². The fraction of sp³-hybridized carbons (Fsp3) is 0.429. The van der Waals surface area contributed by atoms with Crippen LogP contribution >= 0.6 is 11.6 Å². The van der Waals surface area contributed by atoms with Gasteiger partial charge in [0.15, 0.2) is 5.82 Å². The Morgan fingerprint density at radius 3 is 1.89 bits per heavy atom. The zero-order chi connectivity index (χ0) is 28.0. The quantitative estimate of drug-likeness (QED) is 0.551. The highest BCUT2D eigenvalue weighted by Crippen LogP contribution is 2.26. The van der Waals surface area contributed by atoms with E-state index in [1.165, 1.54) is 10.6 Å². The molecular formula is C14H13ClF6N6. The molecule has 2 aromatic heterocycles. The lowest BCUT2D eigenvalue weighted by Crippen LogP contribution is -2.35. The van der Waals surface area contributed by atoms with E-state index in [0.29, 0.717) is 0 Å². The maximum atomic E-state index is 13.3. The van der Waals surface area contributed by atoms with Gasteiger partial charge in [-0.1, -0.05) is 17.6 Å². The SMILES string of the molecule is [2H]c1c(Cl)nc(-c2nc(N[C@H](C([2H])([2H])[2H])C(F)(F)F)nc(N[C@H](C([2H])([2H])[2H])C(F)(F)F)n2)c([2H])c1[2H]. The van der Waals surface area contributed by atoms with Gasteiger partial charge in [-0.2, -0.15) is 41.3 Å². The summed E-state index contributed by atoms with van der Waals surface area (Å²) in [6.07, 6.45) is -10.9. The first-order valence-corrected chi connectivity index (χ1v) is 6.97. The fourth-order valence-corrected chi connectivity index (χ4v) is 1.57. The fourth-order valence-electron chi connectivity index (χ4n) is 1.43. The van der Waals surface area contributed by atoms with Crippen molar-refractivity contribution in [3.63, 3.8) is 0 Å². The molecule has 0 bridgehead atoms. The monoisotopic (exact) mass is 423 g/mol. The second-order valence-electron chi connectivity index (χ2n) is 4.67. The van der Waals surface area contributed by atoms with E-state index in [0.717, 1.165) is 0 Å². The Bertz CT molecular complexity index is 1040. The van der Waals surface area contributed by atoms with E-state index in [-0.39, 0.29) is 0 Å². The van der Waals surface area contributed by atoms with E-state index in [1.807, 2.05) is 0 Å². The van der Waals surface area contributed by atoms with Gasteiger partial charge in [-0.05, 0) is 25.8 Å². The van der Waals surface area contributed by atoms with Crippen molar-refractivity contribution in [2.24, 2.45) is 0 Å². The van der Waals surface area contributed by atoms with Crippen LogP contribution in [0.15, 0.2) is 18.1 Å². The van der Waals surface area contributed by atoms with Crippen LogP contribution in [0.1, 0.15) is 26.0 Å². The summed E-state index contributed by atoms with van der Waals surface area (Å²) in [5.41, 5.74) is -0.801. The van der Waals surface area contributed by atoms with Crippen molar-refractivity contribution in [3.05, 3.63) is 23.3 Å². The van der Waals surface area contributed by atoms with Crippen LogP contribution in [0.2, 0.25) is 5.15 Å². The summed E-state index contributed by atoms with van der Waals surface area (Å²) in [7, 11) is 0. The van der Waals surface area contributed by atoms with Crippen LogP contribution in [0.4, 0.5) is 38.2 Å². The number of aromatic nitrogens is 4. The van der Waals surface area contributed by atoms with Gasteiger partial charge < -0.3 is 10.6 Å². The number of halogens is 7. The number of pyridine rings is 1. The third-order valence-corrected chi connectivity index (χ3v) is 2.78. The maximum Gasteiger partial charge on any atom is 0.408 e. The molecule has 0 aliphatic heterocycles. The molecule has 0 amide bonds. The van der Waals surface area contributed by atoms with E-state index < -0.39 is 84.8 Å². The van der Waals surface area contributed by atoms with Gasteiger partial charge in [0.05, 0.1) is 4.11 Å². The summed E-state index contributed by atoms with van der Waals surface area (Å²) in [5, 5.41) is 2.10. The summed E-state index contributed by atoms with van der Waals surface area (Å²) < 4.78 is 146. The first kappa shape index (κ1) is 11.5. The van der Waals surface area contributed by atoms with Crippen LogP contribution in [0.5, 0.6) is 0 Å². The average molecular weight is 424 g/mol. The molecule has 0 unspecified atom stereocenters. The second-order valence-corrected chi connectivity index (χ2v) is 5.03. The summed E-state index contributed by atoms with van der Waals surface area (Å²) in [6, 6.07) is -9.18. The van der Waals surface area contributed by atoms with E-state index in [1.54, 1.807) is 0 Å². The summed E-state index contributed by atoms with van der Waals surface area (Å²) in [4.78, 5) is 13.7. The average Bonchev–Trinajstić information content (AvgIpc) is 2.68. The molecule has 0 aliphatic rings. The van der Waals surface area contributed by atoms with Crippen molar-refractivity contribution in [1.29, 1.82) is 0 Å². The number of alkyl halides is 6. The molecule has 0 spiro atoms. The summed E-state index contributed by atoms with van der Waals surface area (Å²) in [6.45, 7) is -7.51. The predicted octanol–water partition coefficient (Wildman–Crippen LogP) is 4.31. The van der Waals surface area contributed by atoms with Crippen molar-refractivity contribution in [2.75, 3.05) is 10.6 Å². The number of hydrogen-bond donors (Lipinski definition) is 2. The van der Waals surface area contributed by atoms with Gasteiger partial charge in [0.2, 0.25) is 11.9 Å². The third-order valence-electron chi connectivity index (χ3n) is 2.61. The Labute approximate surface area is 167 Å². The normalized spacial score (nSPS) is 20.3. The Kier molecular flexibility index (Phi) is 3.27. The van der Waals surface area contributed by atoms with Gasteiger partial charge in [-0.15, -0.1) is 0 Å². The number of nitrogens with one attached hydrogen (secondary N) is 2. The predicted molar refractivity (Wildman–Crippen MR) is 86.3 cm³/mol. The van der Waals surface area contributed by atoms with Crippen molar-refractivity contribution in [1.82, 2.24) is 19.9 Å². The molecule has 0 aliphatic carbocycles. The molecule has 2 heterocycles. The molecule has 13 heteroatoms. The van der Waals surface area contributed by atoms with Gasteiger partial charge in [-0.25, -0.2) is 4.98 Å². The van der Waals surface area contributed by atoms with Crippen LogP contribution in [0.3, 0.4) is 0 Å². The van der Waals surface area contributed by atoms with Crippen molar-refractivity contribution in [3.8, 4) is 11.5 Å². The van der Waals surface area contributed by atoms with Crippen molar-refractivity contribution < 1.29 is 38.7 Å². The first-order chi connectivity index (χ1) is 16.0. The summed E-state index contributed by atoms with van der Waals surface area (Å²) >= 11 is 5.68. The van der Waals surface area contributed by atoms with Crippen molar-refractivity contribution in [2.45, 2.75) is 38.1 Å². The standard InChI is InChI=1S/C14H13ClF6N6/c1-6(13(16,17)18)22-11-25-10(8-4-3-5-9(15)24-8)26-12(27-11)23-7(2)14(19,20)21/h3-7H,1-2H3,(H2,22,23,25,26,27)/t6-,7-/m1/s1/i1D3,2D3,3D,4D,5D. The molecule has 2 atom stereocenters. The molecule has 0 saturated carbocycles. The molecule has 148 valence electrons. The highest BCUT2D eigenvalue weighted by atomic mass is 35.5. The highest BCUT2D eigenvalue weighted by Gasteiger charge is 2.38. The van der Waals surface area contributed by atoms with Gasteiger partial charge >= 0.3 is 12.4 Å². The van der Waals surface area contributed by atoms with Gasteiger partial charge in [-0.3, -0.25) is 0 Å². The molecule has 2 rings (SSSR count). The Balaban J connectivity index is 2.76. The van der Waals surface area contributed by atoms with Gasteiger partial charge in [0, 0.05) is 8.22 Å². The molecule has 6 nitrogen and oxygen atoms in total. The topological polar surface area (TPSA) is 75.6 Å². The summed E-state index contributed by atoms with van der Waals surface area (Å²) in [5.74, 6) is -3.55.